The number of hydrogen-bond donors (Lipinski definition) is 1. The predicted molar refractivity (Wildman–Crippen MR) is 88.1 cm³/mol. The zero-order valence-corrected chi connectivity index (χ0v) is 12.6. The Hall–Kier alpha value is -2.37. The molecule has 0 saturated carbocycles. The number of hydrogen-bond acceptors (Lipinski definition) is 4. The van der Waals surface area contributed by atoms with E-state index in [2.05, 4.69) is 10.3 Å². The maximum Gasteiger partial charge on any atom is 0.270 e. The van der Waals surface area contributed by atoms with Crippen molar-refractivity contribution in [1.29, 1.82) is 0 Å². The molecule has 0 unspecified atom stereocenters. The summed E-state index contributed by atoms with van der Waals surface area (Å²) in [7, 11) is 0. The highest BCUT2D eigenvalue weighted by molar-refractivity contribution is 6.43. The van der Waals surface area contributed by atoms with Gasteiger partial charge < -0.3 is 5.32 Å². The van der Waals surface area contributed by atoms with Crippen molar-refractivity contribution in [2.24, 2.45) is 0 Å². The summed E-state index contributed by atoms with van der Waals surface area (Å²) in [5, 5.41) is 16.2. The lowest BCUT2D eigenvalue weighted by Crippen LogP contribution is -1.96. The van der Waals surface area contributed by atoms with Gasteiger partial charge in [-0.25, -0.2) is 4.98 Å². The first-order chi connectivity index (χ1) is 10.6. The quantitative estimate of drug-likeness (QED) is 0.528. The molecule has 2 aromatic carbocycles. The van der Waals surface area contributed by atoms with E-state index in [1.807, 2.05) is 0 Å². The van der Waals surface area contributed by atoms with Crippen LogP contribution in [0.15, 0.2) is 48.7 Å². The number of non-ortho nitro benzene ring substituents is 1. The molecular formula is C15H9Cl2N3O2. The van der Waals surface area contributed by atoms with Crippen LogP contribution in [0.25, 0.3) is 10.8 Å². The van der Waals surface area contributed by atoms with Crippen molar-refractivity contribution < 1.29 is 4.92 Å². The zero-order chi connectivity index (χ0) is 15.7. The van der Waals surface area contributed by atoms with Gasteiger partial charge in [0.25, 0.3) is 5.69 Å². The second kappa shape index (κ2) is 5.79. The van der Waals surface area contributed by atoms with Crippen LogP contribution in [0.1, 0.15) is 0 Å². The molecule has 7 heteroatoms. The Balaban J connectivity index is 2.08. The lowest BCUT2D eigenvalue weighted by molar-refractivity contribution is -0.384. The van der Waals surface area contributed by atoms with E-state index in [1.54, 1.807) is 36.5 Å². The highest BCUT2D eigenvalue weighted by Crippen LogP contribution is 2.33. The number of nitro groups is 1. The number of rotatable bonds is 3. The maximum absolute atomic E-state index is 10.8. The Morgan fingerprint density at radius 1 is 1.14 bits per heavy atom. The van der Waals surface area contributed by atoms with Crippen LogP contribution < -0.4 is 5.32 Å². The number of benzene rings is 2. The van der Waals surface area contributed by atoms with Crippen LogP contribution in [-0.4, -0.2) is 9.91 Å². The molecule has 1 aromatic heterocycles. The lowest BCUT2D eigenvalue weighted by Gasteiger charge is -2.10. The number of pyridine rings is 1. The van der Waals surface area contributed by atoms with Gasteiger partial charge in [0.15, 0.2) is 0 Å². The van der Waals surface area contributed by atoms with Crippen molar-refractivity contribution in [2.75, 3.05) is 5.32 Å². The van der Waals surface area contributed by atoms with E-state index in [0.29, 0.717) is 26.9 Å². The minimum atomic E-state index is -0.430. The summed E-state index contributed by atoms with van der Waals surface area (Å²) in [5.41, 5.74) is 0.651. The van der Waals surface area contributed by atoms with Gasteiger partial charge in [-0.15, -0.1) is 0 Å². The summed E-state index contributed by atoms with van der Waals surface area (Å²) in [6, 6.07) is 11.5. The fourth-order valence-electron chi connectivity index (χ4n) is 2.11. The molecule has 0 amide bonds. The molecule has 0 aliphatic rings. The maximum atomic E-state index is 10.8. The molecule has 22 heavy (non-hydrogen) atoms. The molecule has 0 fully saturated rings. The van der Waals surface area contributed by atoms with Gasteiger partial charge in [-0.3, -0.25) is 10.1 Å². The minimum Gasteiger partial charge on any atom is -0.338 e. The third-order valence-electron chi connectivity index (χ3n) is 3.16. The Morgan fingerprint density at radius 2 is 1.95 bits per heavy atom. The van der Waals surface area contributed by atoms with Crippen LogP contribution in [0.5, 0.6) is 0 Å². The first-order valence-electron chi connectivity index (χ1n) is 6.30. The summed E-state index contributed by atoms with van der Waals surface area (Å²) in [6.45, 7) is 0. The molecule has 0 bridgehead atoms. The summed E-state index contributed by atoms with van der Waals surface area (Å²) in [4.78, 5) is 14.7. The van der Waals surface area contributed by atoms with Gasteiger partial charge in [-0.1, -0.05) is 29.3 Å². The molecule has 3 aromatic rings. The molecule has 0 aliphatic heterocycles. The normalized spacial score (nSPS) is 10.6. The second-order valence-corrected chi connectivity index (χ2v) is 5.33. The number of nitro benzene ring substituents is 1. The molecule has 0 atom stereocenters. The standard InChI is InChI=1S/C15H9Cl2N3O2/c16-12-2-1-3-13(14(12)17)19-15-11-5-4-10(20(21)22)8-9(11)6-7-18-15/h1-8H,(H,18,19). The summed E-state index contributed by atoms with van der Waals surface area (Å²) in [5.74, 6) is 0.552. The van der Waals surface area contributed by atoms with Gasteiger partial charge in [0.1, 0.15) is 5.82 Å². The first-order valence-corrected chi connectivity index (χ1v) is 7.06. The van der Waals surface area contributed by atoms with E-state index < -0.39 is 4.92 Å². The zero-order valence-electron chi connectivity index (χ0n) is 11.1. The number of nitrogens with one attached hydrogen (secondary N) is 1. The molecule has 0 saturated heterocycles. The van der Waals surface area contributed by atoms with Crippen LogP contribution in [0.4, 0.5) is 17.2 Å². The predicted octanol–water partition coefficient (Wildman–Crippen LogP) is 5.19. The third-order valence-corrected chi connectivity index (χ3v) is 3.98. The number of fused-ring (bicyclic) bond motifs is 1. The van der Waals surface area contributed by atoms with Crippen molar-refractivity contribution >= 4 is 51.2 Å². The molecule has 0 aliphatic carbocycles. The van der Waals surface area contributed by atoms with E-state index in [1.165, 1.54) is 12.1 Å². The molecule has 0 spiro atoms. The fourth-order valence-corrected chi connectivity index (χ4v) is 2.45. The molecule has 110 valence electrons. The molecule has 3 rings (SSSR count). The Bertz CT molecular complexity index is 884. The van der Waals surface area contributed by atoms with E-state index >= 15 is 0 Å². The van der Waals surface area contributed by atoms with Gasteiger partial charge in [0.2, 0.25) is 0 Å². The molecule has 5 nitrogen and oxygen atoms in total. The van der Waals surface area contributed by atoms with Crippen molar-refractivity contribution in [3.8, 4) is 0 Å². The largest absolute Gasteiger partial charge is 0.338 e. The Morgan fingerprint density at radius 3 is 2.73 bits per heavy atom. The van der Waals surface area contributed by atoms with Crippen LogP contribution in [0.3, 0.4) is 0 Å². The van der Waals surface area contributed by atoms with Crippen molar-refractivity contribution in [3.63, 3.8) is 0 Å². The summed E-state index contributed by atoms with van der Waals surface area (Å²) >= 11 is 12.1. The van der Waals surface area contributed by atoms with Gasteiger partial charge in [0, 0.05) is 23.7 Å². The number of halogens is 2. The highest BCUT2D eigenvalue weighted by Gasteiger charge is 2.11. The Kier molecular flexibility index (Phi) is 3.83. The van der Waals surface area contributed by atoms with Crippen LogP contribution in [0.2, 0.25) is 10.0 Å². The van der Waals surface area contributed by atoms with Gasteiger partial charge in [-0.2, -0.15) is 0 Å². The van der Waals surface area contributed by atoms with E-state index in [-0.39, 0.29) is 5.69 Å². The topological polar surface area (TPSA) is 68.1 Å². The van der Waals surface area contributed by atoms with Gasteiger partial charge >= 0.3 is 0 Å². The smallest absolute Gasteiger partial charge is 0.270 e. The third kappa shape index (κ3) is 2.68. The van der Waals surface area contributed by atoms with Crippen LogP contribution >= 0.6 is 23.2 Å². The Labute approximate surface area is 135 Å². The van der Waals surface area contributed by atoms with Gasteiger partial charge in [-0.05, 0) is 29.7 Å². The van der Waals surface area contributed by atoms with E-state index in [0.717, 1.165) is 5.39 Å². The van der Waals surface area contributed by atoms with Crippen molar-refractivity contribution in [3.05, 3.63) is 68.8 Å². The molecule has 0 radical (unpaired) electrons. The fraction of sp³-hybridized carbons (Fsp3) is 0. The molecular weight excluding hydrogens is 325 g/mol. The minimum absolute atomic E-state index is 0.0328. The number of anilines is 2. The van der Waals surface area contributed by atoms with Crippen LogP contribution in [0, 0.1) is 10.1 Å². The monoisotopic (exact) mass is 333 g/mol. The number of nitrogens with zero attached hydrogens (tertiary/aromatic N) is 2. The SMILES string of the molecule is O=[N+]([O-])c1ccc2c(Nc3cccc(Cl)c3Cl)nccc2c1. The summed E-state index contributed by atoms with van der Waals surface area (Å²) in [6.07, 6.45) is 1.58. The van der Waals surface area contributed by atoms with Gasteiger partial charge in [0.05, 0.1) is 20.7 Å². The van der Waals surface area contributed by atoms with Crippen molar-refractivity contribution in [1.82, 2.24) is 4.98 Å². The summed E-state index contributed by atoms with van der Waals surface area (Å²) < 4.78 is 0. The van der Waals surface area contributed by atoms with Crippen molar-refractivity contribution in [2.45, 2.75) is 0 Å². The average molecular weight is 334 g/mol. The molecule has 1 N–H and O–H groups in total. The second-order valence-electron chi connectivity index (χ2n) is 4.55. The van der Waals surface area contributed by atoms with E-state index in [9.17, 15) is 10.1 Å². The van der Waals surface area contributed by atoms with E-state index in [4.69, 9.17) is 23.2 Å². The lowest BCUT2D eigenvalue weighted by atomic mass is 10.1. The highest BCUT2D eigenvalue weighted by atomic mass is 35.5. The average Bonchev–Trinajstić information content (AvgIpc) is 2.51. The molecule has 1 heterocycles. The number of aromatic nitrogens is 1. The first kappa shape index (κ1) is 14.6. The van der Waals surface area contributed by atoms with Crippen LogP contribution in [-0.2, 0) is 0 Å².